The molecule has 1 aliphatic heterocycles. The SMILES string of the molecule is C[C@]1(c2ccccc2C(F)(F)F)NC(=O)N(CC(=O)Nc2cccc(Cl)c2)C1=O. The van der Waals surface area contributed by atoms with Crippen LogP contribution in [0.1, 0.15) is 18.1 Å². The van der Waals surface area contributed by atoms with Gasteiger partial charge in [0, 0.05) is 10.7 Å². The zero-order valence-electron chi connectivity index (χ0n) is 15.0. The van der Waals surface area contributed by atoms with Crippen molar-refractivity contribution >= 4 is 35.1 Å². The topological polar surface area (TPSA) is 78.5 Å². The molecule has 10 heteroatoms. The van der Waals surface area contributed by atoms with Crippen LogP contribution in [0.5, 0.6) is 0 Å². The maximum absolute atomic E-state index is 13.4. The summed E-state index contributed by atoms with van der Waals surface area (Å²) in [6, 6.07) is 9.72. The van der Waals surface area contributed by atoms with E-state index >= 15 is 0 Å². The largest absolute Gasteiger partial charge is 0.416 e. The molecule has 0 bridgehead atoms. The highest BCUT2D eigenvalue weighted by Crippen LogP contribution is 2.39. The predicted molar refractivity (Wildman–Crippen MR) is 99.1 cm³/mol. The van der Waals surface area contributed by atoms with Gasteiger partial charge in [0.25, 0.3) is 5.91 Å². The molecule has 1 heterocycles. The number of hydrogen-bond acceptors (Lipinski definition) is 3. The molecule has 0 radical (unpaired) electrons. The molecule has 152 valence electrons. The highest BCUT2D eigenvalue weighted by molar-refractivity contribution is 6.30. The summed E-state index contributed by atoms with van der Waals surface area (Å²) >= 11 is 5.83. The molecule has 29 heavy (non-hydrogen) atoms. The third-order valence-electron chi connectivity index (χ3n) is 4.46. The summed E-state index contributed by atoms with van der Waals surface area (Å²) in [5, 5.41) is 5.12. The quantitative estimate of drug-likeness (QED) is 0.732. The fourth-order valence-electron chi connectivity index (χ4n) is 3.10. The van der Waals surface area contributed by atoms with Crippen LogP contribution in [-0.4, -0.2) is 29.3 Å². The van der Waals surface area contributed by atoms with Gasteiger partial charge >= 0.3 is 12.2 Å². The lowest BCUT2D eigenvalue weighted by Gasteiger charge is -2.25. The van der Waals surface area contributed by atoms with Gasteiger partial charge in [0.1, 0.15) is 12.1 Å². The van der Waals surface area contributed by atoms with Gasteiger partial charge in [-0.15, -0.1) is 0 Å². The van der Waals surface area contributed by atoms with Crippen molar-refractivity contribution in [3.63, 3.8) is 0 Å². The maximum Gasteiger partial charge on any atom is 0.416 e. The number of anilines is 1. The summed E-state index contributed by atoms with van der Waals surface area (Å²) in [6.45, 7) is 0.508. The molecule has 3 rings (SSSR count). The average Bonchev–Trinajstić information content (AvgIpc) is 2.85. The number of halogens is 4. The summed E-state index contributed by atoms with van der Waals surface area (Å²) in [7, 11) is 0. The zero-order valence-corrected chi connectivity index (χ0v) is 15.8. The number of urea groups is 1. The van der Waals surface area contributed by atoms with Crippen LogP contribution in [0.15, 0.2) is 48.5 Å². The minimum Gasteiger partial charge on any atom is -0.324 e. The van der Waals surface area contributed by atoms with Crippen LogP contribution < -0.4 is 10.6 Å². The van der Waals surface area contributed by atoms with Crippen LogP contribution >= 0.6 is 11.6 Å². The Bertz CT molecular complexity index is 996. The first-order chi connectivity index (χ1) is 13.5. The Balaban J connectivity index is 1.84. The molecule has 0 aromatic heterocycles. The van der Waals surface area contributed by atoms with E-state index in [1.54, 1.807) is 18.2 Å². The molecule has 2 N–H and O–H groups in total. The van der Waals surface area contributed by atoms with E-state index < -0.39 is 47.2 Å². The molecular weight excluding hydrogens is 411 g/mol. The molecule has 0 aliphatic carbocycles. The van der Waals surface area contributed by atoms with Gasteiger partial charge in [0.2, 0.25) is 5.91 Å². The van der Waals surface area contributed by atoms with Crippen molar-refractivity contribution in [1.29, 1.82) is 0 Å². The van der Waals surface area contributed by atoms with Gasteiger partial charge in [-0.05, 0) is 36.8 Å². The number of amides is 4. The molecule has 4 amide bonds. The standard InChI is InChI=1S/C19H15ClF3N3O3/c1-18(13-7-2-3-8-14(13)19(21,22)23)16(28)26(17(29)25-18)10-15(27)24-12-6-4-5-11(20)9-12/h2-9H,10H2,1H3,(H,24,27)(H,25,29)/t18-/m1/s1. The van der Waals surface area contributed by atoms with Crippen molar-refractivity contribution in [3.8, 4) is 0 Å². The van der Waals surface area contributed by atoms with Gasteiger partial charge in [0.05, 0.1) is 5.56 Å². The number of benzene rings is 2. The van der Waals surface area contributed by atoms with Crippen LogP contribution in [0.2, 0.25) is 5.02 Å². The van der Waals surface area contributed by atoms with Gasteiger partial charge < -0.3 is 10.6 Å². The van der Waals surface area contributed by atoms with Crippen molar-refractivity contribution in [3.05, 3.63) is 64.7 Å². The first-order valence-electron chi connectivity index (χ1n) is 8.38. The molecule has 2 aromatic rings. The van der Waals surface area contributed by atoms with Gasteiger partial charge in [-0.25, -0.2) is 4.79 Å². The normalized spacial score (nSPS) is 19.3. The highest BCUT2D eigenvalue weighted by Gasteiger charge is 2.52. The minimum absolute atomic E-state index is 0.347. The van der Waals surface area contributed by atoms with Crippen LogP contribution in [0.4, 0.5) is 23.7 Å². The molecule has 1 saturated heterocycles. The van der Waals surface area contributed by atoms with Crippen molar-refractivity contribution in [2.24, 2.45) is 0 Å². The second-order valence-corrected chi connectivity index (χ2v) is 6.98. The van der Waals surface area contributed by atoms with Crippen molar-refractivity contribution in [1.82, 2.24) is 10.2 Å². The van der Waals surface area contributed by atoms with Crippen LogP contribution in [-0.2, 0) is 21.3 Å². The van der Waals surface area contributed by atoms with Crippen molar-refractivity contribution < 1.29 is 27.6 Å². The third-order valence-corrected chi connectivity index (χ3v) is 4.69. The van der Waals surface area contributed by atoms with Crippen LogP contribution in [0.25, 0.3) is 0 Å². The van der Waals surface area contributed by atoms with Gasteiger partial charge in [-0.3, -0.25) is 14.5 Å². The van der Waals surface area contributed by atoms with Gasteiger partial charge in [-0.2, -0.15) is 13.2 Å². The predicted octanol–water partition coefficient (Wildman–Crippen LogP) is 3.76. The Morgan fingerprint density at radius 2 is 1.86 bits per heavy atom. The maximum atomic E-state index is 13.4. The van der Waals surface area contributed by atoms with E-state index in [0.29, 0.717) is 15.6 Å². The third kappa shape index (κ3) is 4.04. The summed E-state index contributed by atoms with van der Waals surface area (Å²) < 4.78 is 40.1. The Morgan fingerprint density at radius 1 is 1.17 bits per heavy atom. The lowest BCUT2D eigenvalue weighted by molar-refractivity contribution is -0.140. The second-order valence-electron chi connectivity index (χ2n) is 6.55. The van der Waals surface area contributed by atoms with Gasteiger partial charge in [-0.1, -0.05) is 35.9 Å². The minimum atomic E-state index is -4.72. The molecular formula is C19H15ClF3N3O3. The fourth-order valence-corrected chi connectivity index (χ4v) is 3.29. The molecule has 1 atom stereocenters. The van der Waals surface area contributed by atoms with E-state index in [9.17, 15) is 27.6 Å². The lowest BCUT2D eigenvalue weighted by atomic mass is 9.87. The number of carbonyl (C=O) groups excluding carboxylic acids is 3. The molecule has 0 saturated carbocycles. The van der Waals surface area contributed by atoms with Crippen LogP contribution in [0, 0.1) is 0 Å². The lowest BCUT2D eigenvalue weighted by Crippen LogP contribution is -2.43. The Labute approximate surface area is 168 Å². The Kier molecular flexibility index (Phi) is 5.27. The molecule has 6 nitrogen and oxygen atoms in total. The van der Waals surface area contributed by atoms with E-state index in [0.717, 1.165) is 12.1 Å². The fraction of sp³-hybridized carbons (Fsp3) is 0.211. The highest BCUT2D eigenvalue weighted by atomic mass is 35.5. The summed E-state index contributed by atoms with van der Waals surface area (Å²) in [5.41, 5.74) is -3.05. The summed E-state index contributed by atoms with van der Waals surface area (Å²) in [4.78, 5) is 37.9. The van der Waals surface area contributed by atoms with Crippen molar-refractivity contribution in [2.45, 2.75) is 18.6 Å². The van der Waals surface area contributed by atoms with Crippen LogP contribution in [0.3, 0.4) is 0 Å². The first kappa shape index (κ1) is 20.7. The monoisotopic (exact) mass is 425 g/mol. The van der Waals surface area contributed by atoms with E-state index in [-0.39, 0.29) is 0 Å². The number of imide groups is 1. The smallest absolute Gasteiger partial charge is 0.324 e. The number of rotatable bonds is 4. The number of carbonyl (C=O) groups is 3. The van der Waals surface area contributed by atoms with E-state index in [1.165, 1.54) is 25.1 Å². The average molecular weight is 426 g/mol. The summed E-state index contributed by atoms with van der Waals surface area (Å²) in [5.74, 6) is -1.66. The van der Waals surface area contributed by atoms with E-state index in [1.807, 2.05) is 0 Å². The number of nitrogens with one attached hydrogen (secondary N) is 2. The Hall–Kier alpha value is -3.07. The zero-order chi connectivity index (χ0) is 21.4. The van der Waals surface area contributed by atoms with Gasteiger partial charge in [0.15, 0.2) is 0 Å². The van der Waals surface area contributed by atoms with E-state index in [2.05, 4.69) is 10.6 Å². The van der Waals surface area contributed by atoms with Crippen molar-refractivity contribution in [2.75, 3.05) is 11.9 Å². The molecule has 2 aromatic carbocycles. The number of nitrogens with zero attached hydrogens (tertiary/aromatic N) is 1. The van der Waals surface area contributed by atoms with E-state index in [4.69, 9.17) is 11.6 Å². The second kappa shape index (κ2) is 7.40. The molecule has 0 spiro atoms. The Morgan fingerprint density at radius 3 is 2.52 bits per heavy atom. The molecule has 0 unspecified atom stereocenters. The molecule has 1 aliphatic rings. The molecule has 1 fully saturated rings. The first-order valence-corrected chi connectivity index (χ1v) is 8.76. The number of hydrogen-bond donors (Lipinski definition) is 2. The summed E-state index contributed by atoms with van der Waals surface area (Å²) in [6.07, 6.45) is -4.72. The number of alkyl halides is 3.